The van der Waals surface area contributed by atoms with Crippen LogP contribution >= 0.6 is 0 Å². The van der Waals surface area contributed by atoms with Gasteiger partial charge in [-0.25, -0.2) is 0 Å². The van der Waals surface area contributed by atoms with Gasteiger partial charge >= 0.3 is 5.88 Å². The minimum atomic E-state index is -0.582. The number of fused-ring (bicyclic) bond motifs is 1. The SMILES string of the molecule is O=[N+]([O-])c1ccc(COc2cnc3ccccc3c2)o1. The summed E-state index contributed by atoms with van der Waals surface area (Å²) in [5.41, 5.74) is 0.883. The van der Waals surface area contributed by atoms with Crippen LogP contribution in [0.1, 0.15) is 5.76 Å². The second-order valence-electron chi connectivity index (χ2n) is 4.15. The summed E-state index contributed by atoms with van der Waals surface area (Å²) in [7, 11) is 0. The van der Waals surface area contributed by atoms with Gasteiger partial charge in [0.05, 0.1) is 17.8 Å². The van der Waals surface area contributed by atoms with E-state index in [9.17, 15) is 10.1 Å². The molecule has 0 saturated carbocycles. The Bertz CT molecular complexity index is 766. The molecule has 6 heteroatoms. The molecule has 6 nitrogen and oxygen atoms in total. The van der Waals surface area contributed by atoms with Crippen LogP contribution in [-0.4, -0.2) is 9.91 Å². The first-order valence-electron chi connectivity index (χ1n) is 5.93. The van der Waals surface area contributed by atoms with Crippen molar-refractivity contribution in [1.29, 1.82) is 0 Å². The zero-order valence-corrected chi connectivity index (χ0v) is 10.4. The molecule has 3 rings (SSSR count). The van der Waals surface area contributed by atoms with Gasteiger partial charge in [-0.15, -0.1) is 0 Å². The molecule has 2 heterocycles. The van der Waals surface area contributed by atoms with Crippen LogP contribution in [0.5, 0.6) is 5.75 Å². The molecular formula is C14H10N2O4. The molecule has 100 valence electrons. The fourth-order valence-electron chi connectivity index (χ4n) is 1.83. The molecule has 1 aromatic carbocycles. The highest BCUT2D eigenvalue weighted by molar-refractivity contribution is 5.79. The van der Waals surface area contributed by atoms with Crippen molar-refractivity contribution >= 4 is 16.8 Å². The van der Waals surface area contributed by atoms with Crippen LogP contribution in [0.2, 0.25) is 0 Å². The number of aromatic nitrogens is 1. The third-order valence-corrected chi connectivity index (χ3v) is 2.77. The lowest BCUT2D eigenvalue weighted by atomic mass is 10.2. The Morgan fingerprint density at radius 1 is 1.25 bits per heavy atom. The van der Waals surface area contributed by atoms with Gasteiger partial charge < -0.3 is 9.15 Å². The van der Waals surface area contributed by atoms with Crippen LogP contribution in [0.3, 0.4) is 0 Å². The first kappa shape index (κ1) is 12.2. The molecule has 0 bridgehead atoms. The molecule has 2 aromatic heterocycles. The molecule has 0 atom stereocenters. The molecule has 0 fully saturated rings. The van der Waals surface area contributed by atoms with E-state index in [0.29, 0.717) is 11.5 Å². The van der Waals surface area contributed by atoms with Gasteiger partial charge in [0.25, 0.3) is 0 Å². The van der Waals surface area contributed by atoms with Gasteiger partial charge in [0.2, 0.25) is 0 Å². The van der Waals surface area contributed by atoms with E-state index in [2.05, 4.69) is 4.98 Å². The van der Waals surface area contributed by atoms with Crippen molar-refractivity contribution in [2.75, 3.05) is 0 Å². The third kappa shape index (κ3) is 2.44. The lowest BCUT2D eigenvalue weighted by Crippen LogP contribution is -1.94. The summed E-state index contributed by atoms with van der Waals surface area (Å²) >= 11 is 0. The Morgan fingerprint density at radius 2 is 2.10 bits per heavy atom. The monoisotopic (exact) mass is 270 g/mol. The number of pyridine rings is 1. The zero-order valence-electron chi connectivity index (χ0n) is 10.4. The van der Waals surface area contributed by atoms with Crippen molar-refractivity contribution in [2.45, 2.75) is 6.61 Å². The number of nitro groups is 1. The maximum absolute atomic E-state index is 10.5. The predicted octanol–water partition coefficient (Wildman–Crippen LogP) is 3.32. The largest absolute Gasteiger partial charge is 0.484 e. The number of para-hydroxylation sites is 1. The number of hydrogen-bond acceptors (Lipinski definition) is 5. The highest BCUT2D eigenvalue weighted by atomic mass is 16.6. The highest BCUT2D eigenvalue weighted by Crippen LogP contribution is 2.20. The van der Waals surface area contributed by atoms with Crippen molar-refractivity contribution in [3.8, 4) is 5.75 Å². The molecule has 20 heavy (non-hydrogen) atoms. The van der Waals surface area contributed by atoms with Gasteiger partial charge in [0.1, 0.15) is 23.0 Å². The number of furan rings is 1. The quantitative estimate of drug-likeness (QED) is 0.536. The Hall–Kier alpha value is -2.89. The minimum absolute atomic E-state index is 0.119. The molecule has 0 amide bonds. The molecular weight excluding hydrogens is 260 g/mol. The maximum Gasteiger partial charge on any atom is 0.433 e. The second kappa shape index (κ2) is 5.00. The van der Waals surface area contributed by atoms with Gasteiger partial charge in [-0.1, -0.05) is 18.2 Å². The average molecular weight is 270 g/mol. The standard InChI is InChI=1S/C14H10N2O4/c17-16(18)14-6-5-11(20-14)9-19-12-7-10-3-1-2-4-13(10)15-8-12/h1-8H,9H2. The van der Waals surface area contributed by atoms with E-state index < -0.39 is 4.92 Å². The fraction of sp³-hybridized carbons (Fsp3) is 0.0714. The topological polar surface area (TPSA) is 78.4 Å². The Kier molecular flexibility index (Phi) is 3.04. The van der Waals surface area contributed by atoms with Crippen molar-refractivity contribution in [2.24, 2.45) is 0 Å². The minimum Gasteiger partial charge on any atom is -0.484 e. The van der Waals surface area contributed by atoms with Crippen LogP contribution in [0.4, 0.5) is 5.88 Å². The number of rotatable bonds is 4. The Balaban J connectivity index is 1.74. The molecule has 0 spiro atoms. The van der Waals surface area contributed by atoms with Crippen molar-refractivity contribution in [1.82, 2.24) is 4.98 Å². The van der Waals surface area contributed by atoms with Gasteiger partial charge in [0, 0.05) is 5.39 Å². The number of ether oxygens (including phenoxy) is 1. The van der Waals surface area contributed by atoms with Gasteiger partial charge in [-0.2, -0.15) is 0 Å². The average Bonchev–Trinajstić information content (AvgIpc) is 2.94. The lowest BCUT2D eigenvalue weighted by Gasteiger charge is -2.04. The summed E-state index contributed by atoms with van der Waals surface area (Å²) < 4.78 is 10.5. The van der Waals surface area contributed by atoms with Crippen molar-refractivity contribution in [3.63, 3.8) is 0 Å². The molecule has 0 radical (unpaired) electrons. The maximum atomic E-state index is 10.5. The van der Waals surface area contributed by atoms with E-state index in [0.717, 1.165) is 10.9 Å². The summed E-state index contributed by atoms with van der Waals surface area (Å²) in [6.45, 7) is 0.119. The molecule has 0 aliphatic heterocycles. The summed E-state index contributed by atoms with van der Waals surface area (Å²) in [5.74, 6) is 0.688. The Labute approximate surface area is 113 Å². The highest BCUT2D eigenvalue weighted by Gasteiger charge is 2.12. The molecule has 3 aromatic rings. The normalized spacial score (nSPS) is 10.6. The predicted molar refractivity (Wildman–Crippen MR) is 71.4 cm³/mol. The van der Waals surface area contributed by atoms with Crippen LogP contribution in [-0.2, 0) is 6.61 Å². The molecule has 0 N–H and O–H groups in total. The summed E-state index contributed by atoms with van der Waals surface area (Å²) in [6.07, 6.45) is 1.61. The van der Waals surface area contributed by atoms with E-state index in [-0.39, 0.29) is 12.5 Å². The molecule has 0 unspecified atom stereocenters. The zero-order chi connectivity index (χ0) is 13.9. The van der Waals surface area contributed by atoms with Crippen molar-refractivity contribution < 1.29 is 14.1 Å². The van der Waals surface area contributed by atoms with Gasteiger partial charge in [-0.3, -0.25) is 15.1 Å². The van der Waals surface area contributed by atoms with Crippen LogP contribution in [0, 0.1) is 10.1 Å². The smallest absolute Gasteiger partial charge is 0.433 e. The van der Waals surface area contributed by atoms with Crippen LogP contribution in [0.25, 0.3) is 10.9 Å². The summed E-state index contributed by atoms with van der Waals surface area (Å²) in [6, 6.07) is 12.4. The van der Waals surface area contributed by atoms with Crippen LogP contribution in [0.15, 0.2) is 53.1 Å². The Morgan fingerprint density at radius 3 is 2.90 bits per heavy atom. The molecule has 0 aliphatic carbocycles. The van der Waals surface area contributed by atoms with E-state index in [1.54, 1.807) is 6.20 Å². The first-order valence-corrected chi connectivity index (χ1v) is 5.93. The fourth-order valence-corrected chi connectivity index (χ4v) is 1.83. The number of benzene rings is 1. The summed E-state index contributed by atoms with van der Waals surface area (Å²) in [5, 5.41) is 11.5. The third-order valence-electron chi connectivity index (χ3n) is 2.77. The van der Waals surface area contributed by atoms with E-state index in [4.69, 9.17) is 9.15 Å². The van der Waals surface area contributed by atoms with Crippen molar-refractivity contribution in [3.05, 3.63) is 64.5 Å². The summed E-state index contributed by atoms with van der Waals surface area (Å²) in [4.78, 5) is 14.2. The van der Waals surface area contributed by atoms with E-state index in [1.807, 2.05) is 30.3 Å². The van der Waals surface area contributed by atoms with Gasteiger partial charge in [-0.05, 0) is 18.2 Å². The molecule has 0 saturated heterocycles. The lowest BCUT2D eigenvalue weighted by molar-refractivity contribution is -0.402. The first-order chi connectivity index (χ1) is 9.72. The number of hydrogen-bond donors (Lipinski definition) is 0. The number of nitrogens with zero attached hydrogens (tertiary/aromatic N) is 2. The second-order valence-corrected chi connectivity index (χ2v) is 4.15. The molecule has 0 aliphatic rings. The van der Waals surface area contributed by atoms with Gasteiger partial charge in [0.15, 0.2) is 0 Å². The van der Waals surface area contributed by atoms with Crippen LogP contribution < -0.4 is 4.74 Å². The van der Waals surface area contributed by atoms with E-state index in [1.165, 1.54) is 12.1 Å². The van der Waals surface area contributed by atoms with E-state index >= 15 is 0 Å².